The summed E-state index contributed by atoms with van der Waals surface area (Å²) in [4.78, 5) is 27.8. The number of hydrogen-bond donors (Lipinski definition) is 1. The smallest absolute Gasteiger partial charge is 0.373 e. The first-order valence-electron chi connectivity index (χ1n) is 8.55. The summed E-state index contributed by atoms with van der Waals surface area (Å²) in [5.41, 5.74) is 4.13. The van der Waals surface area contributed by atoms with Crippen molar-refractivity contribution in [2.24, 2.45) is 0 Å². The number of piperazine rings is 1. The van der Waals surface area contributed by atoms with Gasteiger partial charge in [0.1, 0.15) is 10.5 Å². The molecular formula is C18H18N4O3S. The highest BCUT2D eigenvalue weighted by molar-refractivity contribution is 7.13. The Hall–Kier alpha value is -2.54. The topological polar surface area (TPSA) is 88.3 Å². The lowest BCUT2D eigenvalue weighted by Gasteiger charge is -2.47. The molecule has 6 rings (SSSR count). The van der Waals surface area contributed by atoms with E-state index in [1.54, 1.807) is 11.3 Å². The summed E-state index contributed by atoms with van der Waals surface area (Å²) in [7, 11) is 0. The molecule has 0 aliphatic carbocycles. The number of anilines is 1. The van der Waals surface area contributed by atoms with Gasteiger partial charge in [-0.25, -0.2) is 4.98 Å². The van der Waals surface area contributed by atoms with Gasteiger partial charge in [-0.2, -0.15) is 14.6 Å². The van der Waals surface area contributed by atoms with Gasteiger partial charge >= 0.3 is 6.15 Å². The Morgan fingerprint density at radius 3 is 2.69 bits per heavy atom. The zero-order valence-electron chi connectivity index (χ0n) is 14.3. The number of nitrogens with one attached hydrogen (secondary N) is 1. The Morgan fingerprint density at radius 1 is 1.35 bits per heavy atom. The Morgan fingerprint density at radius 2 is 2.08 bits per heavy atom. The molecule has 3 aliphatic rings. The maximum absolute atomic E-state index is 8.12. The fourth-order valence-corrected chi connectivity index (χ4v) is 4.25. The fraction of sp³-hybridized carbons (Fsp3) is 0.389. The highest BCUT2D eigenvalue weighted by atomic mass is 32.1. The molecule has 0 radical (unpaired) electrons. The molecule has 1 N–H and O–H groups in total. The molecule has 2 atom stereocenters. The second-order valence-electron chi connectivity index (χ2n) is 6.46. The second-order valence-corrected chi connectivity index (χ2v) is 7.36. The third-order valence-electron chi connectivity index (χ3n) is 4.80. The highest BCUT2D eigenvalue weighted by Gasteiger charge is 2.38. The van der Waals surface area contributed by atoms with Crippen LogP contribution in [0.15, 0.2) is 28.1 Å². The summed E-state index contributed by atoms with van der Waals surface area (Å²) >= 11 is 1.64. The number of carbonyl (C=O) groups excluding carboxylic acids is 2. The van der Waals surface area contributed by atoms with Crippen molar-refractivity contribution in [3.63, 3.8) is 0 Å². The van der Waals surface area contributed by atoms with Crippen molar-refractivity contribution >= 4 is 34.6 Å². The summed E-state index contributed by atoms with van der Waals surface area (Å²) in [6.07, 6.45) is 4.35. The lowest BCUT2D eigenvalue weighted by atomic mass is 9.92. The molecule has 134 valence electrons. The van der Waals surface area contributed by atoms with Crippen LogP contribution in [0.4, 0.5) is 6.01 Å². The fourth-order valence-electron chi connectivity index (χ4n) is 3.60. The quantitative estimate of drug-likeness (QED) is 0.758. The summed E-state index contributed by atoms with van der Waals surface area (Å²) < 4.78 is 6.18. The zero-order valence-corrected chi connectivity index (χ0v) is 15.1. The van der Waals surface area contributed by atoms with Crippen LogP contribution in [0.25, 0.3) is 21.7 Å². The standard InChI is InChI=1S/C17H18N4OS.CO2/c1-2-10-5-13(16-18-3-4-23-16)15-14(6-10)20-17(22-15)21-8-11-7-12(9-21)19-11;2-1-3/h3-6,11-12,19H,2,7-9H2,1H3;. The molecular weight excluding hydrogens is 352 g/mol. The number of piperidine rings is 1. The Balaban J connectivity index is 0.000000527. The minimum Gasteiger partial charge on any atom is -0.423 e. The van der Waals surface area contributed by atoms with E-state index in [4.69, 9.17) is 19.0 Å². The average Bonchev–Trinajstić information content (AvgIpc) is 3.30. The highest BCUT2D eigenvalue weighted by Crippen LogP contribution is 2.35. The van der Waals surface area contributed by atoms with Gasteiger partial charge in [0, 0.05) is 36.8 Å². The number of thiazole rings is 1. The van der Waals surface area contributed by atoms with Crippen molar-refractivity contribution in [1.82, 2.24) is 15.3 Å². The summed E-state index contributed by atoms with van der Waals surface area (Å²) in [6.45, 7) is 4.13. The van der Waals surface area contributed by atoms with E-state index in [-0.39, 0.29) is 6.15 Å². The molecule has 2 bridgehead atoms. The lowest BCUT2D eigenvalue weighted by Crippen LogP contribution is -2.67. The third kappa shape index (κ3) is 3.03. The summed E-state index contributed by atoms with van der Waals surface area (Å²) in [6, 6.07) is 6.26. The van der Waals surface area contributed by atoms with E-state index in [1.807, 2.05) is 11.6 Å². The number of benzene rings is 1. The van der Waals surface area contributed by atoms with Crippen molar-refractivity contribution in [3.05, 3.63) is 29.3 Å². The number of hydrogen-bond acceptors (Lipinski definition) is 8. The van der Waals surface area contributed by atoms with Crippen LogP contribution >= 0.6 is 11.3 Å². The number of fused-ring (bicyclic) bond motifs is 3. The molecule has 5 heterocycles. The van der Waals surface area contributed by atoms with Crippen LogP contribution in [0.1, 0.15) is 18.9 Å². The minimum absolute atomic E-state index is 0.250. The lowest BCUT2D eigenvalue weighted by molar-refractivity contribution is -0.191. The van der Waals surface area contributed by atoms with Crippen molar-refractivity contribution in [2.75, 3.05) is 18.0 Å². The normalized spacial score (nSPS) is 20.9. The van der Waals surface area contributed by atoms with Gasteiger partial charge in [0.15, 0.2) is 5.58 Å². The van der Waals surface area contributed by atoms with E-state index >= 15 is 0 Å². The van der Waals surface area contributed by atoms with Crippen molar-refractivity contribution < 1.29 is 14.0 Å². The number of nitrogens with zero attached hydrogens (tertiary/aromatic N) is 3. The Bertz CT molecular complexity index is 931. The van der Waals surface area contributed by atoms with E-state index < -0.39 is 0 Å². The molecule has 0 spiro atoms. The number of aryl methyl sites for hydroxylation is 1. The van der Waals surface area contributed by atoms with Crippen molar-refractivity contribution in [3.8, 4) is 10.6 Å². The average molecular weight is 370 g/mol. The van der Waals surface area contributed by atoms with Gasteiger partial charge in [0.05, 0.1) is 5.56 Å². The molecule has 2 unspecified atom stereocenters. The number of aromatic nitrogens is 2. The number of rotatable bonds is 3. The molecule has 3 fully saturated rings. The first-order chi connectivity index (χ1) is 12.7. The molecule has 1 aromatic carbocycles. The Kier molecular flexibility index (Phi) is 4.55. The monoisotopic (exact) mass is 370 g/mol. The van der Waals surface area contributed by atoms with Gasteiger partial charge in [0.25, 0.3) is 6.01 Å². The first-order valence-corrected chi connectivity index (χ1v) is 9.43. The molecule has 3 saturated heterocycles. The largest absolute Gasteiger partial charge is 0.423 e. The van der Waals surface area contributed by atoms with Gasteiger partial charge in [-0.1, -0.05) is 6.92 Å². The van der Waals surface area contributed by atoms with Crippen LogP contribution in [-0.4, -0.2) is 41.3 Å². The SMILES string of the molecule is CCc1cc(-c2nccs2)c2oc(N3CC4CC(C3)N4)nc2c1.O=C=O. The van der Waals surface area contributed by atoms with E-state index in [0.29, 0.717) is 12.1 Å². The van der Waals surface area contributed by atoms with Gasteiger partial charge in [0.2, 0.25) is 0 Å². The van der Waals surface area contributed by atoms with E-state index in [9.17, 15) is 0 Å². The van der Waals surface area contributed by atoms with E-state index in [1.165, 1.54) is 12.0 Å². The predicted octanol–water partition coefficient (Wildman–Crippen LogP) is 2.48. The van der Waals surface area contributed by atoms with E-state index in [2.05, 4.69) is 34.3 Å². The van der Waals surface area contributed by atoms with Gasteiger partial charge in [-0.3, -0.25) is 0 Å². The molecule has 8 heteroatoms. The predicted molar refractivity (Wildman–Crippen MR) is 97.0 cm³/mol. The van der Waals surface area contributed by atoms with Gasteiger partial charge in [-0.05, 0) is 30.5 Å². The first kappa shape index (κ1) is 16.9. The van der Waals surface area contributed by atoms with Gasteiger partial charge < -0.3 is 14.6 Å². The van der Waals surface area contributed by atoms with Crippen LogP contribution in [0.3, 0.4) is 0 Å². The molecule has 2 aromatic heterocycles. The summed E-state index contributed by atoms with van der Waals surface area (Å²) in [5.74, 6) is 0. The second kappa shape index (κ2) is 6.99. The van der Waals surface area contributed by atoms with Crippen LogP contribution in [0, 0.1) is 0 Å². The minimum atomic E-state index is 0.250. The maximum atomic E-state index is 8.12. The maximum Gasteiger partial charge on any atom is 0.373 e. The third-order valence-corrected chi connectivity index (χ3v) is 5.61. The molecule has 0 amide bonds. The van der Waals surface area contributed by atoms with Gasteiger partial charge in [-0.15, -0.1) is 11.3 Å². The molecule has 3 aliphatic heterocycles. The van der Waals surface area contributed by atoms with Crippen LogP contribution in [0.2, 0.25) is 0 Å². The molecule has 7 nitrogen and oxygen atoms in total. The van der Waals surface area contributed by atoms with Crippen LogP contribution < -0.4 is 10.2 Å². The Labute approximate surface area is 154 Å². The van der Waals surface area contributed by atoms with Crippen molar-refractivity contribution in [1.29, 1.82) is 0 Å². The van der Waals surface area contributed by atoms with Crippen LogP contribution in [-0.2, 0) is 16.0 Å². The molecule has 0 saturated carbocycles. The number of oxazole rings is 1. The summed E-state index contributed by atoms with van der Waals surface area (Å²) in [5, 5.41) is 6.54. The van der Waals surface area contributed by atoms with Crippen LogP contribution in [0.5, 0.6) is 0 Å². The van der Waals surface area contributed by atoms with Crippen molar-refractivity contribution in [2.45, 2.75) is 31.8 Å². The molecule has 3 aromatic rings. The van der Waals surface area contributed by atoms with E-state index in [0.717, 1.165) is 47.2 Å². The molecule has 26 heavy (non-hydrogen) atoms. The zero-order chi connectivity index (χ0) is 18.1.